The normalized spacial score (nSPS) is 24.5. The second-order valence-electron chi connectivity index (χ2n) is 8.60. The molecule has 160 valence electrons. The van der Waals surface area contributed by atoms with Crippen molar-refractivity contribution in [3.05, 3.63) is 59.8 Å². The Labute approximate surface area is 181 Å². The Morgan fingerprint density at radius 1 is 1.13 bits per heavy atom. The van der Waals surface area contributed by atoms with Crippen molar-refractivity contribution in [3.63, 3.8) is 0 Å². The highest BCUT2D eigenvalue weighted by atomic mass is 16.2. The van der Waals surface area contributed by atoms with Crippen molar-refractivity contribution in [2.24, 2.45) is 5.92 Å². The molecule has 31 heavy (non-hydrogen) atoms. The summed E-state index contributed by atoms with van der Waals surface area (Å²) in [4.78, 5) is 26.5. The summed E-state index contributed by atoms with van der Waals surface area (Å²) in [5, 5.41) is 12.0. The Hall–Kier alpha value is -3.29. The summed E-state index contributed by atoms with van der Waals surface area (Å²) < 4.78 is 0. The van der Waals surface area contributed by atoms with Gasteiger partial charge >= 0.3 is 0 Å². The van der Waals surface area contributed by atoms with Gasteiger partial charge in [0.25, 0.3) is 5.91 Å². The molecule has 4 unspecified atom stereocenters. The Kier molecular flexibility index (Phi) is 4.92. The summed E-state index contributed by atoms with van der Waals surface area (Å²) in [5.74, 6) is 1.30. The lowest BCUT2D eigenvalue weighted by molar-refractivity contribution is 0.0562. The van der Waals surface area contributed by atoms with E-state index in [1.165, 1.54) is 4.80 Å². The van der Waals surface area contributed by atoms with Gasteiger partial charge in [0.1, 0.15) is 11.5 Å². The van der Waals surface area contributed by atoms with Gasteiger partial charge in [0.15, 0.2) is 5.69 Å². The van der Waals surface area contributed by atoms with E-state index in [9.17, 15) is 4.79 Å². The second-order valence-corrected chi connectivity index (χ2v) is 8.60. The van der Waals surface area contributed by atoms with Crippen LogP contribution in [0.15, 0.2) is 42.9 Å². The van der Waals surface area contributed by atoms with Crippen LogP contribution in [0.2, 0.25) is 0 Å². The third-order valence-corrected chi connectivity index (χ3v) is 6.57. The average molecular weight is 418 g/mol. The zero-order valence-corrected chi connectivity index (χ0v) is 18.1. The molecule has 0 radical (unpaired) electrons. The van der Waals surface area contributed by atoms with E-state index in [2.05, 4.69) is 43.4 Å². The first-order valence-corrected chi connectivity index (χ1v) is 10.9. The number of rotatable bonds is 5. The monoisotopic (exact) mass is 417 g/mol. The summed E-state index contributed by atoms with van der Waals surface area (Å²) in [6.45, 7) is 6.09. The Morgan fingerprint density at radius 2 is 1.94 bits per heavy atom. The van der Waals surface area contributed by atoms with Crippen LogP contribution >= 0.6 is 0 Å². The largest absolute Gasteiger partial charge is 0.365 e. The molecular formula is C23H27N7O. The number of pyridine rings is 2. The molecule has 4 atom stereocenters. The van der Waals surface area contributed by atoms with Crippen molar-refractivity contribution in [1.29, 1.82) is 0 Å². The zero-order chi connectivity index (χ0) is 21.5. The maximum Gasteiger partial charge on any atom is 0.275 e. The van der Waals surface area contributed by atoms with Crippen molar-refractivity contribution in [2.45, 2.75) is 58.2 Å². The SMILES string of the molecule is CCC1C2CC(Nc3ccc(C)cn3)C(C2)N1C(=O)c1nc(C)ccc1-n1nccn1. The number of nitrogens with zero attached hydrogens (tertiary/aromatic N) is 6. The molecule has 4 heterocycles. The van der Waals surface area contributed by atoms with Crippen molar-refractivity contribution in [2.75, 3.05) is 5.32 Å². The number of anilines is 1. The van der Waals surface area contributed by atoms with E-state index < -0.39 is 0 Å². The van der Waals surface area contributed by atoms with Gasteiger partial charge in [-0.25, -0.2) is 9.97 Å². The minimum atomic E-state index is -0.0429. The smallest absolute Gasteiger partial charge is 0.275 e. The molecular weight excluding hydrogens is 390 g/mol. The molecule has 2 bridgehead atoms. The van der Waals surface area contributed by atoms with Crippen LogP contribution in [0.4, 0.5) is 5.82 Å². The van der Waals surface area contributed by atoms with Gasteiger partial charge < -0.3 is 10.2 Å². The highest BCUT2D eigenvalue weighted by Gasteiger charge is 2.53. The molecule has 3 aromatic rings. The summed E-state index contributed by atoms with van der Waals surface area (Å²) in [6.07, 6.45) is 8.08. The first kappa shape index (κ1) is 19.7. The highest BCUT2D eigenvalue weighted by molar-refractivity contribution is 5.96. The number of hydrogen-bond acceptors (Lipinski definition) is 6. The molecule has 1 saturated carbocycles. The fraction of sp³-hybridized carbons (Fsp3) is 0.435. The molecule has 1 amide bonds. The molecule has 0 spiro atoms. The highest BCUT2D eigenvalue weighted by Crippen LogP contribution is 2.45. The lowest BCUT2D eigenvalue weighted by Crippen LogP contribution is -2.52. The number of amides is 1. The molecule has 2 aliphatic rings. The van der Waals surface area contributed by atoms with Gasteiger partial charge in [-0.05, 0) is 62.8 Å². The fourth-order valence-electron chi connectivity index (χ4n) is 5.21. The lowest BCUT2D eigenvalue weighted by Gasteiger charge is -2.39. The molecule has 1 saturated heterocycles. The van der Waals surface area contributed by atoms with Gasteiger partial charge in [-0.2, -0.15) is 10.2 Å². The topological polar surface area (TPSA) is 88.8 Å². The maximum absolute atomic E-state index is 13.9. The average Bonchev–Trinajstić information content (AvgIpc) is 3.51. The predicted molar refractivity (Wildman–Crippen MR) is 117 cm³/mol. The van der Waals surface area contributed by atoms with Gasteiger partial charge in [0, 0.05) is 24.0 Å². The van der Waals surface area contributed by atoms with Crippen LogP contribution in [0.5, 0.6) is 0 Å². The number of hydrogen-bond donors (Lipinski definition) is 1. The van der Waals surface area contributed by atoms with E-state index in [0.29, 0.717) is 17.3 Å². The summed E-state index contributed by atoms with van der Waals surface area (Å²) in [5.41, 5.74) is 2.96. The van der Waals surface area contributed by atoms with Crippen LogP contribution in [0, 0.1) is 19.8 Å². The quantitative estimate of drug-likeness (QED) is 0.686. The standard InChI is InChI=1S/C23H27N7O/c1-4-18-16-11-17(28-21-8-5-14(2)13-24-21)20(12-16)29(18)23(31)22-19(7-6-15(3)27-22)30-25-9-10-26-30/h5-10,13,16-18,20H,4,11-12H2,1-3H3,(H,24,28). The van der Waals surface area contributed by atoms with Crippen LogP contribution in [0.1, 0.15) is 47.9 Å². The summed E-state index contributed by atoms with van der Waals surface area (Å²) >= 11 is 0. The van der Waals surface area contributed by atoms with Crippen LogP contribution < -0.4 is 5.32 Å². The molecule has 8 heteroatoms. The minimum Gasteiger partial charge on any atom is -0.365 e. The molecule has 1 N–H and O–H groups in total. The number of carbonyl (C=O) groups is 1. The van der Waals surface area contributed by atoms with Crippen molar-refractivity contribution >= 4 is 11.7 Å². The molecule has 5 rings (SSSR count). The van der Waals surface area contributed by atoms with Crippen molar-refractivity contribution < 1.29 is 4.79 Å². The van der Waals surface area contributed by atoms with Crippen LogP contribution in [0.3, 0.4) is 0 Å². The van der Waals surface area contributed by atoms with Gasteiger partial charge in [-0.15, -0.1) is 4.80 Å². The first-order chi connectivity index (χ1) is 15.0. The van der Waals surface area contributed by atoms with E-state index in [1.807, 2.05) is 38.2 Å². The number of likely N-dealkylation sites (tertiary alicyclic amines) is 1. The van der Waals surface area contributed by atoms with Crippen LogP contribution in [-0.4, -0.2) is 53.9 Å². The Balaban J connectivity index is 1.47. The number of nitrogens with one attached hydrogen (secondary N) is 1. The number of aryl methyl sites for hydroxylation is 2. The van der Waals surface area contributed by atoms with E-state index in [-0.39, 0.29) is 24.0 Å². The molecule has 8 nitrogen and oxygen atoms in total. The van der Waals surface area contributed by atoms with Gasteiger partial charge in [0.2, 0.25) is 0 Å². The maximum atomic E-state index is 13.9. The second kappa shape index (κ2) is 7.76. The zero-order valence-electron chi connectivity index (χ0n) is 18.1. The number of fused-ring (bicyclic) bond motifs is 2. The Bertz CT molecular complexity index is 1080. The number of carbonyl (C=O) groups excluding carboxylic acids is 1. The van der Waals surface area contributed by atoms with E-state index in [4.69, 9.17) is 0 Å². The first-order valence-electron chi connectivity index (χ1n) is 10.9. The molecule has 1 aliphatic heterocycles. The predicted octanol–water partition coefficient (Wildman–Crippen LogP) is 3.17. The number of piperidine rings is 1. The van der Waals surface area contributed by atoms with Gasteiger partial charge in [0.05, 0.1) is 18.4 Å². The molecule has 2 fully saturated rings. The molecule has 3 aromatic heterocycles. The van der Waals surface area contributed by atoms with Crippen molar-refractivity contribution in [3.8, 4) is 5.69 Å². The third-order valence-electron chi connectivity index (χ3n) is 6.57. The summed E-state index contributed by atoms with van der Waals surface area (Å²) in [7, 11) is 0. The van der Waals surface area contributed by atoms with Gasteiger partial charge in [-0.3, -0.25) is 4.79 Å². The Morgan fingerprint density at radius 3 is 2.65 bits per heavy atom. The summed E-state index contributed by atoms with van der Waals surface area (Å²) in [6, 6.07) is 8.35. The number of aromatic nitrogens is 5. The lowest BCUT2D eigenvalue weighted by atomic mass is 9.94. The van der Waals surface area contributed by atoms with Crippen LogP contribution in [-0.2, 0) is 0 Å². The molecule has 1 aliphatic carbocycles. The van der Waals surface area contributed by atoms with E-state index >= 15 is 0 Å². The third kappa shape index (κ3) is 3.45. The fourth-order valence-corrected chi connectivity index (χ4v) is 5.21. The van der Waals surface area contributed by atoms with Crippen LogP contribution in [0.25, 0.3) is 5.69 Å². The van der Waals surface area contributed by atoms with E-state index in [0.717, 1.165) is 36.3 Å². The van der Waals surface area contributed by atoms with Gasteiger partial charge in [-0.1, -0.05) is 13.0 Å². The minimum absolute atomic E-state index is 0.0429. The molecule has 0 aromatic carbocycles. The van der Waals surface area contributed by atoms with Crippen molar-refractivity contribution in [1.82, 2.24) is 29.9 Å². The van der Waals surface area contributed by atoms with E-state index in [1.54, 1.807) is 12.4 Å².